The Kier molecular flexibility index (Phi) is 6.83. The van der Waals surface area contributed by atoms with E-state index in [1.807, 2.05) is 0 Å². The minimum atomic E-state index is -5.18. The lowest BCUT2D eigenvalue weighted by Gasteiger charge is -2.38. The summed E-state index contributed by atoms with van der Waals surface area (Å²) in [6.45, 7) is 5.02. The second kappa shape index (κ2) is 8.95. The summed E-state index contributed by atoms with van der Waals surface area (Å²) >= 11 is 0. The zero-order chi connectivity index (χ0) is 26.4. The van der Waals surface area contributed by atoms with Crippen LogP contribution < -0.4 is 5.73 Å². The van der Waals surface area contributed by atoms with Crippen LogP contribution in [0.2, 0.25) is 0 Å². The molecular weight excluding hydrogens is 484 g/mol. The van der Waals surface area contributed by atoms with Crippen molar-refractivity contribution in [2.45, 2.75) is 76.4 Å². The number of carbonyl (C=O) groups is 1. The summed E-state index contributed by atoms with van der Waals surface area (Å²) in [6, 6.07) is 0.457. The molecule has 0 saturated heterocycles. The molecular formula is C21H25F6N5O3. The molecule has 2 aromatic rings. The fraction of sp³-hybridized carbons (Fsp3) is 0.619. The average Bonchev–Trinajstić information content (AvgIpc) is 3.23. The number of fused-ring (bicyclic) bond motifs is 5. The SMILES string of the molecule is CCC(C)(C)N1CCCCC[C@](O)(C(F)(F)F)c2nnc(o2)-c2nc(c(C(F)(F)F)cc2N)C1=O. The number of nitrogens with zero attached hydrogens (tertiary/aromatic N) is 4. The van der Waals surface area contributed by atoms with Crippen LogP contribution in [-0.4, -0.2) is 49.4 Å². The number of anilines is 1. The fourth-order valence-electron chi connectivity index (χ4n) is 3.76. The Morgan fingerprint density at radius 2 is 1.77 bits per heavy atom. The normalized spacial score (nSPS) is 20.6. The molecule has 0 unspecified atom stereocenters. The summed E-state index contributed by atoms with van der Waals surface area (Å²) in [6.07, 6.45) is -10.4. The van der Waals surface area contributed by atoms with E-state index in [0.29, 0.717) is 12.5 Å². The minimum Gasteiger partial charge on any atom is -0.416 e. The van der Waals surface area contributed by atoms with Gasteiger partial charge in [-0.25, -0.2) is 4.98 Å². The van der Waals surface area contributed by atoms with Crippen LogP contribution in [0.1, 0.15) is 74.8 Å². The second-order valence-electron chi connectivity index (χ2n) is 9.02. The lowest BCUT2D eigenvalue weighted by Crippen LogP contribution is -2.48. The summed E-state index contributed by atoms with van der Waals surface area (Å²) in [4.78, 5) is 18.4. The van der Waals surface area contributed by atoms with Gasteiger partial charge in [0.25, 0.3) is 17.7 Å². The standard InChI is InChI=1S/C21H25F6N5O3/c1-4-18(2,3)32-9-7-5-6-8-19(34,21(25,26)27)17-31-30-15(35-17)14-12(28)10-11(20(22,23)24)13(29-14)16(32)33/h10,34H,4-9,28H2,1-3H3/t19-/m1/s1. The van der Waals surface area contributed by atoms with E-state index >= 15 is 0 Å². The number of amides is 1. The maximum absolute atomic E-state index is 13.8. The maximum atomic E-state index is 13.8. The predicted octanol–water partition coefficient (Wildman–Crippen LogP) is 4.69. The molecule has 3 rings (SSSR count). The molecule has 194 valence electrons. The molecule has 0 fully saturated rings. The van der Waals surface area contributed by atoms with Gasteiger partial charge in [0.15, 0.2) is 5.69 Å². The molecule has 1 aliphatic heterocycles. The van der Waals surface area contributed by atoms with Gasteiger partial charge in [0.2, 0.25) is 5.60 Å². The van der Waals surface area contributed by atoms with Gasteiger partial charge < -0.3 is 20.2 Å². The molecule has 0 aromatic carbocycles. The zero-order valence-electron chi connectivity index (χ0n) is 19.2. The van der Waals surface area contributed by atoms with Gasteiger partial charge in [-0.05, 0) is 45.6 Å². The summed E-state index contributed by atoms with van der Waals surface area (Å²) < 4.78 is 87.9. The van der Waals surface area contributed by atoms with Crippen molar-refractivity contribution in [2.24, 2.45) is 0 Å². The highest BCUT2D eigenvalue weighted by Gasteiger charge is 2.58. The van der Waals surface area contributed by atoms with E-state index in [9.17, 15) is 36.2 Å². The molecule has 1 amide bonds. The molecule has 0 aliphatic carbocycles. The van der Waals surface area contributed by atoms with Crippen LogP contribution in [0.3, 0.4) is 0 Å². The molecule has 0 spiro atoms. The van der Waals surface area contributed by atoms with E-state index in [1.165, 1.54) is 4.90 Å². The number of aromatic nitrogens is 3. The predicted molar refractivity (Wildman–Crippen MR) is 111 cm³/mol. The Hall–Kier alpha value is -2.90. The minimum absolute atomic E-state index is 0.0405. The first-order valence-corrected chi connectivity index (χ1v) is 10.9. The van der Waals surface area contributed by atoms with E-state index in [1.54, 1.807) is 20.8 Å². The largest absolute Gasteiger partial charge is 0.426 e. The molecule has 14 heteroatoms. The first-order valence-electron chi connectivity index (χ1n) is 10.9. The third-order valence-electron chi connectivity index (χ3n) is 6.27. The molecule has 1 atom stereocenters. The van der Waals surface area contributed by atoms with Gasteiger partial charge in [-0.15, -0.1) is 10.2 Å². The molecule has 3 heterocycles. The number of alkyl halides is 6. The van der Waals surface area contributed by atoms with Crippen molar-refractivity contribution in [3.8, 4) is 11.6 Å². The third kappa shape index (κ3) is 4.93. The van der Waals surface area contributed by atoms with Crippen molar-refractivity contribution in [2.75, 3.05) is 12.3 Å². The molecule has 0 saturated carbocycles. The van der Waals surface area contributed by atoms with E-state index in [0.717, 1.165) is 0 Å². The maximum Gasteiger partial charge on any atom is 0.426 e. The summed E-state index contributed by atoms with van der Waals surface area (Å²) in [5.74, 6) is -2.98. The number of rotatable bonds is 2. The van der Waals surface area contributed by atoms with Crippen molar-refractivity contribution in [3.05, 3.63) is 23.2 Å². The molecule has 4 bridgehead atoms. The first kappa shape index (κ1) is 26.7. The van der Waals surface area contributed by atoms with Gasteiger partial charge in [-0.3, -0.25) is 4.79 Å². The number of pyridine rings is 1. The molecule has 2 aromatic heterocycles. The number of nitrogens with two attached hydrogens (primary N) is 1. The second-order valence-corrected chi connectivity index (χ2v) is 9.02. The lowest BCUT2D eigenvalue weighted by atomic mass is 9.94. The van der Waals surface area contributed by atoms with Crippen LogP contribution in [-0.2, 0) is 11.8 Å². The number of hydrogen-bond acceptors (Lipinski definition) is 7. The summed E-state index contributed by atoms with van der Waals surface area (Å²) in [5.41, 5.74) is -2.31. The Balaban J connectivity index is 2.29. The molecule has 8 nitrogen and oxygen atoms in total. The van der Waals surface area contributed by atoms with Crippen molar-refractivity contribution in [1.82, 2.24) is 20.1 Å². The Labute approximate surface area is 196 Å². The molecule has 0 radical (unpaired) electrons. The lowest BCUT2D eigenvalue weighted by molar-refractivity contribution is -0.277. The van der Waals surface area contributed by atoms with E-state index in [4.69, 9.17) is 10.2 Å². The number of aliphatic hydroxyl groups is 1. The van der Waals surface area contributed by atoms with Crippen LogP contribution in [0.25, 0.3) is 11.6 Å². The van der Waals surface area contributed by atoms with E-state index < -0.39 is 70.2 Å². The Morgan fingerprint density at radius 3 is 2.34 bits per heavy atom. The topological polar surface area (TPSA) is 118 Å². The van der Waals surface area contributed by atoms with Gasteiger partial charge in [-0.1, -0.05) is 13.3 Å². The average molecular weight is 509 g/mol. The number of carbonyl (C=O) groups excluding carboxylic acids is 1. The quantitative estimate of drug-likeness (QED) is 0.564. The molecule has 3 N–H and O–H groups in total. The van der Waals surface area contributed by atoms with Gasteiger partial charge in [0.1, 0.15) is 5.69 Å². The van der Waals surface area contributed by atoms with Gasteiger partial charge in [-0.2, -0.15) is 26.3 Å². The monoisotopic (exact) mass is 509 g/mol. The Bertz CT molecular complexity index is 1100. The number of halogens is 6. The van der Waals surface area contributed by atoms with Crippen LogP contribution >= 0.6 is 0 Å². The third-order valence-corrected chi connectivity index (χ3v) is 6.27. The fourth-order valence-corrected chi connectivity index (χ4v) is 3.76. The van der Waals surface area contributed by atoms with Crippen molar-refractivity contribution < 1.29 is 40.7 Å². The van der Waals surface area contributed by atoms with Crippen LogP contribution in [0.4, 0.5) is 32.0 Å². The van der Waals surface area contributed by atoms with Crippen LogP contribution in [0.15, 0.2) is 10.5 Å². The van der Waals surface area contributed by atoms with Crippen molar-refractivity contribution >= 4 is 11.6 Å². The van der Waals surface area contributed by atoms with Crippen molar-refractivity contribution in [1.29, 1.82) is 0 Å². The smallest absolute Gasteiger partial charge is 0.416 e. The van der Waals surface area contributed by atoms with Gasteiger partial charge in [0, 0.05) is 12.1 Å². The Morgan fingerprint density at radius 1 is 1.11 bits per heavy atom. The van der Waals surface area contributed by atoms with Crippen LogP contribution in [0, 0.1) is 0 Å². The van der Waals surface area contributed by atoms with Gasteiger partial charge >= 0.3 is 12.4 Å². The molecule has 35 heavy (non-hydrogen) atoms. The highest BCUT2D eigenvalue weighted by atomic mass is 19.4. The summed E-state index contributed by atoms with van der Waals surface area (Å²) in [7, 11) is 0. The number of nitrogen functional groups attached to an aromatic ring is 1. The summed E-state index contributed by atoms with van der Waals surface area (Å²) in [5, 5.41) is 17.1. The highest BCUT2D eigenvalue weighted by molar-refractivity contribution is 5.96. The first-order chi connectivity index (χ1) is 16.0. The zero-order valence-corrected chi connectivity index (χ0v) is 19.2. The number of hydrogen-bond donors (Lipinski definition) is 2. The highest BCUT2D eigenvalue weighted by Crippen LogP contribution is 2.44. The van der Waals surface area contributed by atoms with Crippen molar-refractivity contribution in [3.63, 3.8) is 0 Å². The van der Waals surface area contributed by atoms with Crippen LogP contribution in [0.5, 0.6) is 0 Å². The van der Waals surface area contributed by atoms with E-state index in [-0.39, 0.29) is 25.8 Å². The van der Waals surface area contributed by atoms with Gasteiger partial charge in [0.05, 0.1) is 11.3 Å². The molecule has 1 aliphatic rings. The van der Waals surface area contributed by atoms with E-state index in [2.05, 4.69) is 15.2 Å².